The van der Waals surface area contributed by atoms with E-state index in [2.05, 4.69) is 20.1 Å². The van der Waals surface area contributed by atoms with Crippen molar-refractivity contribution in [3.05, 3.63) is 27.4 Å². The molecule has 1 aliphatic carbocycles. The van der Waals surface area contributed by atoms with Crippen molar-refractivity contribution in [2.75, 3.05) is 11.4 Å². The van der Waals surface area contributed by atoms with Gasteiger partial charge >= 0.3 is 5.69 Å². The SMILES string of the molecule is CC(=O)N(c1nc(CN2CCCC[C@H]2c2n[nH]c(=O)[nH]2)cs1)C1CC1. The van der Waals surface area contributed by atoms with Crippen LogP contribution in [0.25, 0.3) is 0 Å². The summed E-state index contributed by atoms with van der Waals surface area (Å²) in [6.45, 7) is 3.26. The molecule has 25 heavy (non-hydrogen) atoms. The standard InChI is InChI=1S/C16H22N6O2S/c1-10(23)22(12-5-6-12)16-17-11(9-25-16)8-21-7-3-2-4-13(21)14-18-15(24)20-19-14/h9,12-13H,2-8H2,1H3,(H2,18,19,20,24)/t13-/m0/s1. The molecule has 8 nitrogen and oxygen atoms in total. The first kappa shape index (κ1) is 16.5. The first-order chi connectivity index (χ1) is 12.1. The molecule has 1 saturated carbocycles. The average Bonchev–Trinajstić information content (AvgIpc) is 3.14. The van der Waals surface area contributed by atoms with E-state index in [1.807, 2.05) is 10.3 Å². The first-order valence-corrected chi connectivity index (χ1v) is 9.62. The number of hydrogen-bond acceptors (Lipinski definition) is 6. The summed E-state index contributed by atoms with van der Waals surface area (Å²) in [5.74, 6) is 0.761. The van der Waals surface area contributed by atoms with Gasteiger partial charge in [0.15, 0.2) is 5.13 Å². The fourth-order valence-corrected chi connectivity index (χ4v) is 4.43. The van der Waals surface area contributed by atoms with Crippen LogP contribution in [0.2, 0.25) is 0 Å². The van der Waals surface area contributed by atoms with Crippen LogP contribution in [-0.2, 0) is 11.3 Å². The number of amides is 1. The molecule has 9 heteroatoms. The molecule has 134 valence electrons. The third-order valence-electron chi connectivity index (χ3n) is 4.81. The van der Waals surface area contributed by atoms with Crippen molar-refractivity contribution in [2.24, 2.45) is 0 Å². The molecule has 0 bridgehead atoms. The number of carbonyl (C=O) groups is 1. The molecule has 0 unspecified atom stereocenters. The maximum Gasteiger partial charge on any atom is 0.340 e. The Morgan fingerprint density at radius 2 is 2.24 bits per heavy atom. The predicted octanol–water partition coefficient (Wildman–Crippen LogP) is 1.80. The number of hydrogen-bond donors (Lipinski definition) is 2. The summed E-state index contributed by atoms with van der Waals surface area (Å²) in [5, 5.41) is 9.40. The largest absolute Gasteiger partial charge is 0.340 e. The summed E-state index contributed by atoms with van der Waals surface area (Å²) in [7, 11) is 0. The van der Waals surface area contributed by atoms with E-state index in [0.717, 1.165) is 49.5 Å². The second-order valence-corrected chi connectivity index (χ2v) is 7.62. The van der Waals surface area contributed by atoms with Gasteiger partial charge in [0.1, 0.15) is 5.82 Å². The lowest BCUT2D eigenvalue weighted by Gasteiger charge is -2.33. The van der Waals surface area contributed by atoms with Gasteiger partial charge < -0.3 is 0 Å². The normalized spacial score (nSPS) is 21.4. The number of nitrogens with one attached hydrogen (secondary N) is 2. The lowest BCUT2D eigenvalue weighted by Crippen LogP contribution is -2.34. The zero-order valence-corrected chi connectivity index (χ0v) is 15.0. The van der Waals surface area contributed by atoms with E-state index in [1.165, 1.54) is 11.3 Å². The molecule has 2 aliphatic rings. The van der Waals surface area contributed by atoms with Gasteiger partial charge in [-0.3, -0.25) is 19.6 Å². The number of anilines is 1. The summed E-state index contributed by atoms with van der Waals surface area (Å²) in [5.41, 5.74) is 0.703. The quantitative estimate of drug-likeness (QED) is 0.845. The monoisotopic (exact) mass is 362 g/mol. The van der Waals surface area contributed by atoms with Gasteiger partial charge in [-0.15, -0.1) is 11.3 Å². The molecule has 4 rings (SSSR count). The van der Waals surface area contributed by atoms with E-state index in [0.29, 0.717) is 18.4 Å². The Morgan fingerprint density at radius 3 is 2.92 bits per heavy atom. The molecule has 1 amide bonds. The number of carbonyl (C=O) groups excluding carboxylic acids is 1. The number of nitrogens with zero attached hydrogens (tertiary/aromatic N) is 4. The Labute approximate surface area is 149 Å². The lowest BCUT2D eigenvalue weighted by atomic mass is 10.0. The van der Waals surface area contributed by atoms with Crippen molar-refractivity contribution in [1.29, 1.82) is 0 Å². The number of thiazole rings is 1. The number of aromatic nitrogens is 4. The second kappa shape index (κ2) is 6.72. The topological polar surface area (TPSA) is 98.0 Å². The maximum absolute atomic E-state index is 11.9. The van der Waals surface area contributed by atoms with Crippen LogP contribution in [-0.4, -0.2) is 43.6 Å². The number of likely N-dealkylation sites (tertiary alicyclic amines) is 1. The minimum absolute atomic E-state index is 0.0633. The summed E-state index contributed by atoms with van der Waals surface area (Å²) in [6, 6.07) is 0.429. The van der Waals surface area contributed by atoms with E-state index >= 15 is 0 Å². The Kier molecular flexibility index (Phi) is 4.43. The number of H-pyrrole nitrogens is 2. The van der Waals surface area contributed by atoms with E-state index in [4.69, 9.17) is 4.98 Å². The van der Waals surface area contributed by atoms with E-state index in [1.54, 1.807) is 6.92 Å². The average molecular weight is 362 g/mol. The van der Waals surface area contributed by atoms with Crippen LogP contribution in [0.15, 0.2) is 10.2 Å². The first-order valence-electron chi connectivity index (χ1n) is 8.74. The molecule has 2 aromatic heterocycles. The molecule has 2 aromatic rings. The highest BCUT2D eigenvalue weighted by Gasteiger charge is 2.34. The van der Waals surface area contributed by atoms with Crippen molar-refractivity contribution in [2.45, 2.75) is 57.7 Å². The highest BCUT2D eigenvalue weighted by Crippen LogP contribution is 2.35. The van der Waals surface area contributed by atoms with Crippen LogP contribution in [0, 0.1) is 0 Å². The summed E-state index contributed by atoms with van der Waals surface area (Å²) in [6.07, 6.45) is 5.35. The van der Waals surface area contributed by atoms with Crippen LogP contribution in [0.4, 0.5) is 5.13 Å². The molecule has 2 fully saturated rings. The Bertz CT molecular complexity index is 807. The van der Waals surface area contributed by atoms with Gasteiger partial charge in [-0.25, -0.2) is 14.9 Å². The zero-order chi connectivity index (χ0) is 17.4. The molecule has 3 heterocycles. The molecule has 0 aromatic carbocycles. The smallest absolute Gasteiger partial charge is 0.292 e. The lowest BCUT2D eigenvalue weighted by molar-refractivity contribution is -0.116. The molecule has 1 aliphatic heterocycles. The van der Waals surface area contributed by atoms with Crippen molar-refractivity contribution in [3.8, 4) is 0 Å². The van der Waals surface area contributed by atoms with Crippen molar-refractivity contribution in [3.63, 3.8) is 0 Å². The third-order valence-corrected chi connectivity index (χ3v) is 5.70. The Morgan fingerprint density at radius 1 is 1.40 bits per heavy atom. The molecular weight excluding hydrogens is 340 g/mol. The second-order valence-electron chi connectivity index (χ2n) is 6.79. The van der Waals surface area contributed by atoms with Gasteiger partial charge in [0, 0.05) is 24.9 Å². The molecule has 0 radical (unpaired) electrons. The highest BCUT2D eigenvalue weighted by molar-refractivity contribution is 7.14. The predicted molar refractivity (Wildman–Crippen MR) is 94.5 cm³/mol. The fraction of sp³-hybridized carbons (Fsp3) is 0.625. The van der Waals surface area contributed by atoms with Gasteiger partial charge in [-0.2, -0.15) is 5.10 Å². The minimum Gasteiger partial charge on any atom is -0.292 e. The fourth-order valence-electron chi connectivity index (χ4n) is 3.50. The molecule has 1 atom stereocenters. The summed E-state index contributed by atoms with van der Waals surface area (Å²) >= 11 is 1.53. The van der Waals surface area contributed by atoms with E-state index in [-0.39, 0.29) is 17.6 Å². The van der Waals surface area contributed by atoms with Crippen LogP contribution in [0.5, 0.6) is 0 Å². The van der Waals surface area contributed by atoms with Crippen LogP contribution >= 0.6 is 11.3 Å². The molecule has 1 saturated heterocycles. The van der Waals surface area contributed by atoms with Crippen molar-refractivity contribution < 1.29 is 4.79 Å². The zero-order valence-electron chi connectivity index (χ0n) is 14.2. The van der Waals surface area contributed by atoms with Crippen molar-refractivity contribution in [1.82, 2.24) is 25.1 Å². The van der Waals surface area contributed by atoms with Gasteiger partial charge in [-0.1, -0.05) is 6.42 Å². The summed E-state index contributed by atoms with van der Waals surface area (Å²) in [4.78, 5) is 34.9. The third kappa shape index (κ3) is 3.52. The molecule has 0 spiro atoms. The van der Waals surface area contributed by atoms with Gasteiger partial charge in [0.2, 0.25) is 5.91 Å². The van der Waals surface area contributed by atoms with Gasteiger partial charge in [-0.05, 0) is 32.2 Å². The minimum atomic E-state index is -0.266. The highest BCUT2D eigenvalue weighted by atomic mass is 32.1. The van der Waals surface area contributed by atoms with Crippen LogP contribution < -0.4 is 10.6 Å². The van der Waals surface area contributed by atoms with Crippen molar-refractivity contribution >= 4 is 22.4 Å². The summed E-state index contributed by atoms with van der Waals surface area (Å²) < 4.78 is 0. The Balaban J connectivity index is 1.50. The van der Waals surface area contributed by atoms with Gasteiger partial charge in [0.05, 0.1) is 11.7 Å². The number of aromatic amines is 2. The van der Waals surface area contributed by atoms with Crippen LogP contribution in [0.1, 0.15) is 56.6 Å². The maximum atomic E-state index is 11.9. The van der Waals surface area contributed by atoms with Gasteiger partial charge in [0.25, 0.3) is 0 Å². The van der Waals surface area contributed by atoms with Crippen LogP contribution in [0.3, 0.4) is 0 Å². The number of rotatable bonds is 5. The number of piperidine rings is 1. The van der Waals surface area contributed by atoms with E-state index < -0.39 is 0 Å². The van der Waals surface area contributed by atoms with E-state index in [9.17, 15) is 9.59 Å². The molecule has 2 N–H and O–H groups in total. The molecular formula is C16H22N6O2S. The Hall–Kier alpha value is -2.00.